The summed E-state index contributed by atoms with van der Waals surface area (Å²) in [4.78, 5) is 0. The molecule has 0 fully saturated rings. The van der Waals surface area contributed by atoms with Crippen molar-refractivity contribution in [2.24, 2.45) is 0 Å². The average molecular weight is 244 g/mol. The second kappa shape index (κ2) is 11.4. The Morgan fingerprint density at radius 3 is 2.19 bits per heavy atom. The number of hydrogen-bond acceptors (Lipinski definition) is 2. The highest BCUT2D eigenvalue weighted by molar-refractivity contribution is 6.46. The molecule has 0 radical (unpaired) electrons. The monoisotopic (exact) mass is 244 g/mol. The Morgan fingerprint density at radius 1 is 1.12 bits per heavy atom. The molecule has 0 amide bonds. The van der Waals surface area contributed by atoms with E-state index in [1.165, 1.54) is 25.7 Å². The lowest BCUT2D eigenvalue weighted by Gasteiger charge is -2.23. The van der Waals surface area contributed by atoms with Gasteiger partial charge < -0.3 is 8.85 Å². The van der Waals surface area contributed by atoms with Gasteiger partial charge in [0.05, 0.1) is 0 Å². The zero-order valence-corrected chi connectivity index (χ0v) is 12.4. The van der Waals surface area contributed by atoms with Gasteiger partial charge in [-0.3, -0.25) is 0 Å². The van der Waals surface area contributed by atoms with Crippen LogP contribution in [0, 0.1) is 0 Å². The smallest absolute Gasteiger partial charge is 0.324 e. The van der Waals surface area contributed by atoms with E-state index in [9.17, 15) is 0 Å². The first-order valence-corrected chi connectivity index (χ1v) is 8.25. The SMILES string of the molecule is C=CCC(CCCCC)[SiH](OCC)OCC. The van der Waals surface area contributed by atoms with Crippen molar-refractivity contribution in [1.82, 2.24) is 0 Å². The van der Waals surface area contributed by atoms with Gasteiger partial charge in [0.25, 0.3) is 0 Å². The fraction of sp³-hybridized carbons (Fsp3) is 0.846. The fourth-order valence-electron chi connectivity index (χ4n) is 1.88. The zero-order valence-electron chi connectivity index (χ0n) is 11.2. The van der Waals surface area contributed by atoms with Crippen molar-refractivity contribution in [3.8, 4) is 0 Å². The summed E-state index contributed by atoms with van der Waals surface area (Å²) in [5.41, 5.74) is 0.601. The van der Waals surface area contributed by atoms with Crippen molar-refractivity contribution < 1.29 is 8.85 Å². The van der Waals surface area contributed by atoms with Crippen LogP contribution >= 0.6 is 0 Å². The number of hydrogen-bond donors (Lipinski definition) is 0. The highest BCUT2D eigenvalue weighted by Gasteiger charge is 2.24. The van der Waals surface area contributed by atoms with Crippen molar-refractivity contribution in [3.63, 3.8) is 0 Å². The molecule has 1 unspecified atom stereocenters. The van der Waals surface area contributed by atoms with Gasteiger partial charge in [0.1, 0.15) is 0 Å². The van der Waals surface area contributed by atoms with E-state index in [2.05, 4.69) is 27.4 Å². The van der Waals surface area contributed by atoms with E-state index < -0.39 is 9.28 Å². The maximum Gasteiger partial charge on any atom is 0.324 e. The molecule has 0 N–H and O–H groups in total. The number of rotatable bonds is 11. The van der Waals surface area contributed by atoms with Crippen LogP contribution in [-0.2, 0) is 8.85 Å². The molecule has 0 saturated heterocycles. The van der Waals surface area contributed by atoms with Crippen LogP contribution in [0.4, 0.5) is 0 Å². The van der Waals surface area contributed by atoms with Crippen molar-refractivity contribution in [1.29, 1.82) is 0 Å². The van der Waals surface area contributed by atoms with E-state index in [0.29, 0.717) is 5.54 Å². The molecule has 0 aromatic rings. The summed E-state index contributed by atoms with van der Waals surface area (Å²) in [5.74, 6) is 0. The minimum atomic E-state index is -1.48. The van der Waals surface area contributed by atoms with Crippen LogP contribution in [0.15, 0.2) is 12.7 Å². The Kier molecular flexibility index (Phi) is 11.3. The van der Waals surface area contributed by atoms with Crippen LogP contribution in [0.25, 0.3) is 0 Å². The summed E-state index contributed by atoms with van der Waals surface area (Å²) < 4.78 is 11.6. The van der Waals surface area contributed by atoms with Gasteiger partial charge in [-0.25, -0.2) is 0 Å². The predicted octanol–water partition coefficient (Wildman–Crippen LogP) is 3.81. The second-order valence-electron chi connectivity index (χ2n) is 4.06. The third kappa shape index (κ3) is 7.20. The van der Waals surface area contributed by atoms with Crippen LogP contribution < -0.4 is 0 Å². The number of unbranched alkanes of at least 4 members (excludes halogenated alkanes) is 2. The third-order valence-electron chi connectivity index (χ3n) is 2.69. The van der Waals surface area contributed by atoms with E-state index in [0.717, 1.165) is 19.6 Å². The maximum atomic E-state index is 5.80. The Hall–Kier alpha value is -0.123. The molecular weight excluding hydrogens is 216 g/mol. The van der Waals surface area contributed by atoms with Gasteiger partial charge >= 0.3 is 9.28 Å². The van der Waals surface area contributed by atoms with Crippen LogP contribution in [-0.4, -0.2) is 22.5 Å². The van der Waals surface area contributed by atoms with Crippen molar-refractivity contribution in [2.75, 3.05) is 13.2 Å². The normalized spacial score (nSPS) is 13.0. The molecule has 0 aliphatic rings. The summed E-state index contributed by atoms with van der Waals surface area (Å²) >= 11 is 0. The molecule has 0 bridgehead atoms. The molecule has 0 aliphatic carbocycles. The summed E-state index contributed by atoms with van der Waals surface area (Å²) in [6.07, 6.45) is 8.16. The first-order valence-electron chi connectivity index (χ1n) is 6.64. The van der Waals surface area contributed by atoms with Crippen molar-refractivity contribution in [2.45, 2.75) is 58.4 Å². The topological polar surface area (TPSA) is 18.5 Å². The largest absolute Gasteiger partial charge is 0.397 e. The van der Waals surface area contributed by atoms with E-state index in [4.69, 9.17) is 8.85 Å². The van der Waals surface area contributed by atoms with Gasteiger partial charge in [-0.05, 0) is 26.7 Å². The van der Waals surface area contributed by atoms with E-state index in [-0.39, 0.29) is 0 Å². The van der Waals surface area contributed by atoms with Crippen molar-refractivity contribution in [3.05, 3.63) is 12.7 Å². The molecule has 1 atom stereocenters. The molecular formula is C13H28O2Si. The predicted molar refractivity (Wildman–Crippen MR) is 73.1 cm³/mol. The zero-order chi connectivity index (χ0) is 12.2. The molecule has 2 nitrogen and oxygen atoms in total. The molecule has 3 heteroatoms. The molecule has 0 aromatic carbocycles. The van der Waals surface area contributed by atoms with Gasteiger partial charge in [-0.1, -0.05) is 32.3 Å². The summed E-state index contributed by atoms with van der Waals surface area (Å²) in [6.45, 7) is 11.7. The van der Waals surface area contributed by atoms with Crippen LogP contribution in [0.3, 0.4) is 0 Å². The Bertz CT molecular complexity index is 156. The van der Waals surface area contributed by atoms with Crippen LogP contribution in [0.2, 0.25) is 5.54 Å². The molecule has 0 heterocycles. The van der Waals surface area contributed by atoms with Gasteiger partial charge in [-0.2, -0.15) is 0 Å². The first kappa shape index (κ1) is 15.9. The lowest BCUT2D eigenvalue weighted by molar-refractivity contribution is 0.201. The molecule has 0 aliphatic heterocycles. The van der Waals surface area contributed by atoms with Crippen LogP contribution in [0.5, 0.6) is 0 Å². The molecule has 16 heavy (non-hydrogen) atoms. The Labute approximate surface area is 103 Å². The van der Waals surface area contributed by atoms with Crippen molar-refractivity contribution >= 4 is 9.28 Å². The summed E-state index contributed by atoms with van der Waals surface area (Å²) in [7, 11) is -1.48. The quantitative estimate of drug-likeness (QED) is 0.313. The van der Waals surface area contributed by atoms with Gasteiger partial charge in [0, 0.05) is 18.8 Å². The van der Waals surface area contributed by atoms with Crippen LogP contribution in [0.1, 0.15) is 52.9 Å². The Balaban J connectivity index is 4.13. The first-order chi connectivity index (χ1) is 7.79. The lowest BCUT2D eigenvalue weighted by Crippen LogP contribution is -2.29. The number of allylic oxidation sites excluding steroid dienone is 1. The minimum Gasteiger partial charge on any atom is -0.397 e. The molecule has 0 spiro atoms. The summed E-state index contributed by atoms with van der Waals surface area (Å²) in [6, 6.07) is 0. The second-order valence-corrected chi connectivity index (χ2v) is 6.41. The average Bonchev–Trinajstić information content (AvgIpc) is 2.28. The Morgan fingerprint density at radius 2 is 1.75 bits per heavy atom. The third-order valence-corrected chi connectivity index (χ3v) is 5.39. The van der Waals surface area contributed by atoms with Gasteiger partial charge in [-0.15, -0.1) is 6.58 Å². The summed E-state index contributed by atoms with van der Waals surface area (Å²) in [5, 5.41) is 0. The van der Waals surface area contributed by atoms with E-state index in [1.807, 2.05) is 6.08 Å². The highest BCUT2D eigenvalue weighted by Crippen LogP contribution is 2.25. The maximum absolute atomic E-state index is 5.80. The minimum absolute atomic E-state index is 0.601. The lowest BCUT2D eigenvalue weighted by atomic mass is 10.1. The van der Waals surface area contributed by atoms with E-state index >= 15 is 0 Å². The molecule has 0 saturated carbocycles. The van der Waals surface area contributed by atoms with E-state index in [1.54, 1.807) is 0 Å². The van der Waals surface area contributed by atoms with Gasteiger partial charge in [0.2, 0.25) is 0 Å². The highest BCUT2D eigenvalue weighted by atomic mass is 28.3. The molecule has 0 aromatic heterocycles. The molecule has 0 rings (SSSR count). The van der Waals surface area contributed by atoms with Gasteiger partial charge in [0.15, 0.2) is 0 Å². The molecule has 96 valence electrons. The standard InChI is InChI=1S/C13H28O2Si/c1-5-9-10-12-13(11-6-2)16(14-7-3)15-8-4/h6,13,16H,2,5,7-12H2,1,3-4H3. The fourth-order valence-corrected chi connectivity index (χ4v) is 4.10.